The fraction of sp³-hybridized carbons (Fsp3) is 0.636. The molecule has 3 fully saturated rings. The second-order valence-electron chi connectivity index (χ2n) is 8.75. The van der Waals surface area contributed by atoms with E-state index in [-0.39, 0.29) is 11.3 Å². The molecule has 0 aromatic heterocycles. The molecule has 0 spiro atoms. The van der Waals surface area contributed by atoms with Crippen molar-refractivity contribution in [2.24, 2.45) is 40.9 Å². The number of carbonyl (C=O) groups is 1. The molecule has 0 aromatic rings. The maximum atomic E-state index is 11.9. The third-order valence-corrected chi connectivity index (χ3v) is 7.81. The number of allylic oxidation sites excluding steroid dienone is 3. The topological polar surface area (TPSA) is 40.9 Å². The van der Waals surface area contributed by atoms with Gasteiger partial charge in [-0.15, -0.1) is 6.58 Å². The highest BCUT2D eigenvalue weighted by Gasteiger charge is 2.59. The number of nitrogens with zero attached hydrogens (tertiary/aromatic N) is 1. The molecule has 0 N–H and O–H groups in total. The number of rotatable bonds is 1. The predicted molar refractivity (Wildman–Crippen MR) is 94.8 cm³/mol. The van der Waals surface area contributed by atoms with Crippen molar-refractivity contribution in [3.63, 3.8) is 0 Å². The Kier molecular flexibility index (Phi) is 3.60. The quantitative estimate of drug-likeness (QED) is 0.648. The molecule has 0 saturated heterocycles. The van der Waals surface area contributed by atoms with Crippen LogP contribution in [0.4, 0.5) is 0 Å². The van der Waals surface area contributed by atoms with Crippen molar-refractivity contribution >= 4 is 5.78 Å². The van der Waals surface area contributed by atoms with E-state index in [1.807, 2.05) is 6.08 Å². The number of hydrogen-bond donors (Lipinski definition) is 0. The van der Waals surface area contributed by atoms with Crippen LogP contribution in [0.3, 0.4) is 0 Å². The highest BCUT2D eigenvalue weighted by atomic mass is 16.1. The second-order valence-corrected chi connectivity index (χ2v) is 8.75. The fourth-order valence-corrected chi connectivity index (χ4v) is 6.73. The van der Waals surface area contributed by atoms with Gasteiger partial charge in [-0.1, -0.05) is 30.7 Å². The molecule has 126 valence electrons. The fourth-order valence-electron chi connectivity index (χ4n) is 6.73. The number of nitriles is 1. The van der Waals surface area contributed by atoms with Crippen LogP contribution < -0.4 is 0 Å². The van der Waals surface area contributed by atoms with Crippen molar-refractivity contribution in [1.82, 2.24) is 0 Å². The summed E-state index contributed by atoms with van der Waals surface area (Å²) in [7, 11) is 0. The van der Waals surface area contributed by atoms with Crippen LogP contribution in [0, 0.1) is 52.3 Å². The zero-order valence-electron chi connectivity index (χ0n) is 14.6. The summed E-state index contributed by atoms with van der Waals surface area (Å²) < 4.78 is 0. The molecule has 0 aliphatic heterocycles. The standard InChI is InChI=1S/C22H27NO/c1-4-14-10-15-11-16(24)5-6-17(15)18-7-8-22(3)19(21(14)18)9-13(2)20(22)12-23/h4,11,14,17-21H,1-2,5-10H2,3H3/t14-,17+,18-,19+,20+,21-,22+/m1/s1. The Morgan fingerprint density at radius 3 is 2.88 bits per heavy atom. The van der Waals surface area contributed by atoms with Gasteiger partial charge in [0.25, 0.3) is 0 Å². The van der Waals surface area contributed by atoms with Gasteiger partial charge in [0.2, 0.25) is 0 Å². The summed E-state index contributed by atoms with van der Waals surface area (Å²) in [5, 5.41) is 9.70. The van der Waals surface area contributed by atoms with Crippen LogP contribution >= 0.6 is 0 Å². The first-order valence-corrected chi connectivity index (χ1v) is 9.42. The summed E-state index contributed by atoms with van der Waals surface area (Å²) in [5.74, 6) is 3.16. The number of ketones is 1. The average Bonchev–Trinajstić information content (AvgIpc) is 2.83. The van der Waals surface area contributed by atoms with Crippen molar-refractivity contribution < 1.29 is 4.79 Å². The molecule has 4 rings (SSSR count). The number of hydrogen-bond acceptors (Lipinski definition) is 2. The van der Waals surface area contributed by atoms with Crippen molar-refractivity contribution in [3.8, 4) is 6.07 Å². The molecule has 2 heteroatoms. The Labute approximate surface area is 145 Å². The molecule has 0 unspecified atom stereocenters. The molecule has 2 nitrogen and oxygen atoms in total. The third kappa shape index (κ3) is 2.03. The molecule has 0 aromatic carbocycles. The molecular formula is C22H27NO. The van der Waals surface area contributed by atoms with E-state index in [9.17, 15) is 10.1 Å². The van der Waals surface area contributed by atoms with Gasteiger partial charge in [-0.3, -0.25) is 4.79 Å². The highest BCUT2D eigenvalue weighted by molar-refractivity contribution is 5.91. The lowest BCUT2D eigenvalue weighted by Crippen LogP contribution is -2.49. The van der Waals surface area contributed by atoms with Crippen LogP contribution in [0.15, 0.2) is 36.5 Å². The van der Waals surface area contributed by atoms with Gasteiger partial charge in [0.15, 0.2) is 5.78 Å². The molecule has 0 heterocycles. The first kappa shape index (κ1) is 15.9. The normalized spacial score (nSPS) is 47.1. The summed E-state index contributed by atoms with van der Waals surface area (Å²) in [5.41, 5.74) is 2.61. The Balaban J connectivity index is 1.74. The Morgan fingerprint density at radius 1 is 1.38 bits per heavy atom. The van der Waals surface area contributed by atoms with Gasteiger partial charge >= 0.3 is 0 Å². The smallest absolute Gasteiger partial charge is 0.155 e. The highest BCUT2D eigenvalue weighted by Crippen LogP contribution is 2.65. The summed E-state index contributed by atoms with van der Waals surface area (Å²) >= 11 is 0. The van der Waals surface area contributed by atoms with Gasteiger partial charge < -0.3 is 0 Å². The van der Waals surface area contributed by atoms with Gasteiger partial charge in [0.1, 0.15) is 0 Å². The van der Waals surface area contributed by atoms with E-state index < -0.39 is 0 Å². The van der Waals surface area contributed by atoms with Crippen LogP contribution in [0.2, 0.25) is 0 Å². The number of carbonyl (C=O) groups excluding carboxylic acids is 1. The SMILES string of the molecule is C=C[C@@H]1CC2=CC(=O)CC[C@@H]2[C@H]2CC[C@]3(C)[C@@H](C#N)C(=C)C[C@H]3[C@@H]21. The maximum Gasteiger partial charge on any atom is 0.155 e. The van der Waals surface area contributed by atoms with Crippen molar-refractivity contribution in [1.29, 1.82) is 5.26 Å². The van der Waals surface area contributed by atoms with Crippen molar-refractivity contribution in [2.45, 2.75) is 45.4 Å². The Bertz CT molecular complexity index is 681. The second kappa shape index (κ2) is 5.45. The molecule has 24 heavy (non-hydrogen) atoms. The monoisotopic (exact) mass is 321 g/mol. The van der Waals surface area contributed by atoms with E-state index in [1.54, 1.807) is 0 Å². The van der Waals surface area contributed by atoms with Crippen LogP contribution in [0.25, 0.3) is 0 Å². The lowest BCUT2D eigenvalue weighted by atomic mass is 9.49. The Hall–Kier alpha value is -1.62. The van der Waals surface area contributed by atoms with Gasteiger partial charge in [0, 0.05) is 6.42 Å². The van der Waals surface area contributed by atoms with Gasteiger partial charge in [-0.05, 0) is 73.2 Å². The minimum Gasteiger partial charge on any atom is -0.295 e. The summed E-state index contributed by atoms with van der Waals surface area (Å²) in [4.78, 5) is 11.9. The molecule has 4 aliphatic carbocycles. The summed E-state index contributed by atoms with van der Waals surface area (Å²) in [6.45, 7) is 10.7. The maximum absolute atomic E-state index is 11.9. The number of fused-ring (bicyclic) bond motifs is 5. The van der Waals surface area contributed by atoms with Gasteiger partial charge in [0.05, 0.1) is 12.0 Å². The lowest BCUT2D eigenvalue weighted by Gasteiger charge is -2.55. The largest absolute Gasteiger partial charge is 0.295 e. The molecule has 0 radical (unpaired) electrons. The minimum atomic E-state index is 0.0128. The van der Waals surface area contributed by atoms with Crippen LogP contribution in [0.1, 0.15) is 45.4 Å². The van der Waals surface area contributed by atoms with E-state index >= 15 is 0 Å². The molecule has 7 atom stereocenters. The molecular weight excluding hydrogens is 294 g/mol. The summed E-state index contributed by atoms with van der Waals surface area (Å²) in [6.07, 6.45) is 10.1. The summed E-state index contributed by atoms with van der Waals surface area (Å²) in [6, 6.07) is 2.56. The van der Waals surface area contributed by atoms with Gasteiger partial charge in [-0.2, -0.15) is 5.26 Å². The van der Waals surface area contributed by atoms with Crippen molar-refractivity contribution in [3.05, 3.63) is 36.5 Å². The van der Waals surface area contributed by atoms with Crippen molar-refractivity contribution in [2.75, 3.05) is 0 Å². The first-order chi connectivity index (χ1) is 11.5. The zero-order chi connectivity index (χ0) is 17.1. The Morgan fingerprint density at radius 2 is 2.17 bits per heavy atom. The molecule has 0 amide bonds. The van der Waals surface area contributed by atoms with E-state index in [2.05, 4.69) is 32.2 Å². The lowest BCUT2D eigenvalue weighted by molar-refractivity contribution is -0.116. The predicted octanol–water partition coefficient (Wildman–Crippen LogP) is 4.85. The van der Waals surface area contributed by atoms with Gasteiger partial charge in [-0.25, -0.2) is 0 Å². The molecule has 3 saturated carbocycles. The van der Waals surface area contributed by atoms with E-state index in [0.29, 0.717) is 41.8 Å². The van der Waals surface area contributed by atoms with Crippen LogP contribution in [-0.2, 0) is 4.79 Å². The van der Waals surface area contributed by atoms with E-state index in [0.717, 1.165) is 31.3 Å². The minimum absolute atomic E-state index is 0.0128. The molecule has 0 bridgehead atoms. The first-order valence-electron chi connectivity index (χ1n) is 9.42. The van der Waals surface area contributed by atoms with Crippen LogP contribution in [-0.4, -0.2) is 5.78 Å². The van der Waals surface area contributed by atoms with E-state index in [1.165, 1.54) is 12.0 Å². The third-order valence-electron chi connectivity index (χ3n) is 7.81. The molecule has 4 aliphatic rings. The van der Waals surface area contributed by atoms with Crippen LogP contribution in [0.5, 0.6) is 0 Å². The van der Waals surface area contributed by atoms with E-state index in [4.69, 9.17) is 0 Å². The zero-order valence-corrected chi connectivity index (χ0v) is 14.6. The average molecular weight is 321 g/mol.